The van der Waals surface area contributed by atoms with Gasteiger partial charge >= 0.3 is 0 Å². The van der Waals surface area contributed by atoms with Gasteiger partial charge in [-0.25, -0.2) is 4.98 Å². The van der Waals surface area contributed by atoms with Gasteiger partial charge in [-0.3, -0.25) is 9.25 Å². The quantitative estimate of drug-likeness (QED) is 0.199. The Morgan fingerprint density at radius 1 is 0.763 bits per heavy atom. The monoisotopic (exact) mass is 678 g/mol. The second kappa shape index (κ2) is 10.1. The second-order valence-electron chi connectivity index (χ2n) is 10.1. The molecule has 0 saturated carbocycles. The minimum atomic E-state index is -0.147. The summed E-state index contributed by atoms with van der Waals surface area (Å²) in [5.74, 6) is 1.22. The summed E-state index contributed by atoms with van der Waals surface area (Å²) in [4.78, 5) is 5.19. The summed E-state index contributed by atoms with van der Waals surface area (Å²) in [5, 5.41) is 14.9. The number of hydrogen-bond donors (Lipinski definition) is 1. The molecule has 192 valence electrons. The summed E-state index contributed by atoms with van der Waals surface area (Å²) in [6.07, 6.45) is 1.89. The van der Waals surface area contributed by atoms with E-state index < -0.39 is 0 Å². The number of imidazole rings is 1. The Morgan fingerprint density at radius 3 is 2.24 bits per heavy atom. The molecule has 0 amide bonds. The fraction of sp³-hybridized carbons (Fsp3) is 0.125. The van der Waals surface area contributed by atoms with Crippen molar-refractivity contribution in [1.29, 1.82) is 0 Å². The maximum atomic E-state index is 10.2. The van der Waals surface area contributed by atoms with Crippen molar-refractivity contribution in [1.82, 2.24) is 19.3 Å². The van der Waals surface area contributed by atoms with E-state index in [1.165, 1.54) is 0 Å². The molecule has 0 unspecified atom stereocenters. The average molecular weight is 679 g/mol. The molecule has 0 spiro atoms. The van der Waals surface area contributed by atoms with Gasteiger partial charge in [-0.1, -0.05) is 68.8 Å². The van der Waals surface area contributed by atoms with Crippen LogP contribution in [0.3, 0.4) is 0 Å². The standard InChI is InChI=1S/C32H27N4O.Pt/c1-32(2,3)31-33-30-25(16-10-17-28(30)36(31)23-12-5-4-6-13-23)22-11-9-14-24(21-22)35-20-19-27(34-35)26-15-7-8-18-29(26)37;/h4-20,37H,1-3H3;/q-1;. The largest absolute Gasteiger partial charge is 0.507 e. The van der Waals surface area contributed by atoms with Crippen LogP contribution in [0.5, 0.6) is 5.75 Å². The molecule has 38 heavy (non-hydrogen) atoms. The molecule has 1 N–H and O–H groups in total. The summed E-state index contributed by atoms with van der Waals surface area (Å²) < 4.78 is 4.05. The van der Waals surface area contributed by atoms with Crippen molar-refractivity contribution < 1.29 is 26.2 Å². The third-order valence-corrected chi connectivity index (χ3v) is 6.46. The number of para-hydroxylation sites is 3. The molecule has 2 aromatic heterocycles. The van der Waals surface area contributed by atoms with Gasteiger partial charge in [0, 0.05) is 43.9 Å². The van der Waals surface area contributed by atoms with E-state index in [2.05, 4.69) is 79.9 Å². The first-order chi connectivity index (χ1) is 17.9. The Balaban J connectivity index is 0.00000294. The van der Waals surface area contributed by atoms with Crippen molar-refractivity contribution >= 4 is 11.0 Å². The zero-order valence-corrected chi connectivity index (χ0v) is 23.6. The van der Waals surface area contributed by atoms with Gasteiger partial charge in [0.25, 0.3) is 0 Å². The molecule has 0 bridgehead atoms. The van der Waals surface area contributed by atoms with Gasteiger partial charge in [-0.05, 0) is 42.1 Å². The van der Waals surface area contributed by atoms with Crippen molar-refractivity contribution in [2.24, 2.45) is 0 Å². The third-order valence-electron chi connectivity index (χ3n) is 6.46. The van der Waals surface area contributed by atoms with E-state index in [9.17, 15) is 5.11 Å². The zero-order chi connectivity index (χ0) is 25.6. The van der Waals surface area contributed by atoms with Crippen molar-refractivity contribution in [2.45, 2.75) is 26.2 Å². The van der Waals surface area contributed by atoms with Crippen LogP contribution in [0.2, 0.25) is 0 Å². The van der Waals surface area contributed by atoms with Crippen LogP contribution in [0.25, 0.3) is 44.8 Å². The van der Waals surface area contributed by atoms with Gasteiger partial charge in [0.05, 0.1) is 16.7 Å². The van der Waals surface area contributed by atoms with Gasteiger partial charge in [-0.15, -0.1) is 29.8 Å². The zero-order valence-electron chi connectivity index (χ0n) is 21.4. The number of aromatic hydroxyl groups is 1. The van der Waals surface area contributed by atoms with E-state index in [1.54, 1.807) is 16.8 Å². The van der Waals surface area contributed by atoms with Gasteiger partial charge < -0.3 is 5.11 Å². The first-order valence-electron chi connectivity index (χ1n) is 12.3. The normalized spacial score (nSPS) is 11.4. The van der Waals surface area contributed by atoms with Crippen LogP contribution in [0.1, 0.15) is 26.6 Å². The predicted octanol–water partition coefficient (Wildman–Crippen LogP) is 7.35. The number of hydrogen-bond acceptors (Lipinski definition) is 3. The first-order valence-corrected chi connectivity index (χ1v) is 12.3. The van der Waals surface area contributed by atoms with E-state index in [0.29, 0.717) is 11.3 Å². The molecular formula is C32H27N4OPt-. The second-order valence-corrected chi connectivity index (χ2v) is 10.1. The summed E-state index contributed by atoms with van der Waals surface area (Å²) in [7, 11) is 0. The Morgan fingerprint density at radius 2 is 1.47 bits per heavy atom. The van der Waals surface area contributed by atoms with Gasteiger partial charge in [0.1, 0.15) is 11.6 Å². The van der Waals surface area contributed by atoms with Crippen LogP contribution >= 0.6 is 0 Å². The molecule has 0 atom stereocenters. The van der Waals surface area contributed by atoms with Crippen molar-refractivity contribution in [3.63, 3.8) is 0 Å². The maximum absolute atomic E-state index is 10.2. The molecule has 6 heteroatoms. The van der Waals surface area contributed by atoms with E-state index in [-0.39, 0.29) is 32.2 Å². The molecule has 0 aliphatic rings. The summed E-state index contributed by atoms with van der Waals surface area (Å²) >= 11 is 0. The van der Waals surface area contributed by atoms with Gasteiger partial charge in [0.2, 0.25) is 0 Å². The SMILES string of the molecule is CC(C)(C)c1nc2c(-c3[c-]c(-n4ccc(-c5ccccc5O)n4)ccc3)cccc2n1-c1ccccc1.[Pt]. The molecule has 0 aliphatic heterocycles. The molecule has 4 aromatic carbocycles. The van der Waals surface area contributed by atoms with Crippen molar-refractivity contribution in [2.75, 3.05) is 0 Å². The molecule has 0 radical (unpaired) electrons. The van der Waals surface area contributed by atoms with Gasteiger partial charge in [-0.2, -0.15) is 5.10 Å². The molecule has 6 rings (SSSR count). The van der Waals surface area contributed by atoms with Crippen LogP contribution in [-0.4, -0.2) is 24.4 Å². The van der Waals surface area contributed by atoms with Crippen LogP contribution in [0.15, 0.2) is 103 Å². The summed E-state index contributed by atoms with van der Waals surface area (Å²) in [6, 6.07) is 35.4. The summed E-state index contributed by atoms with van der Waals surface area (Å²) in [5.41, 5.74) is 7.14. The Kier molecular flexibility index (Phi) is 6.81. The van der Waals surface area contributed by atoms with Gasteiger partial charge in [0.15, 0.2) is 0 Å². The Hall–Kier alpha value is -3.95. The molecule has 5 nitrogen and oxygen atoms in total. The minimum Gasteiger partial charge on any atom is -0.507 e. The topological polar surface area (TPSA) is 55.9 Å². The smallest absolute Gasteiger partial charge is 0.125 e. The number of benzene rings is 4. The minimum absolute atomic E-state index is 0. The number of aromatic nitrogens is 4. The van der Waals surface area contributed by atoms with Crippen LogP contribution in [0, 0.1) is 6.07 Å². The van der Waals surface area contributed by atoms with Crippen molar-refractivity contribution in [3.8, 4) is 39.5 Å². The van der Waals surface area contributed by atoms with Crippen LogP contribution in [0.4, 0.5) is 0 Å². The molecule has 0 aliphatic carbocycles. The molecule has 6 aromatic rings. The van der Waals surface area contributed by atoms with Crippen molar-refractivity contribution in [3.05, 3.63) is 115 Å². The van der Waals surface area contributed by atoms with E-state index >= 15 is 0 Å². The average Bonchev–Trinajstić information content (AvgIpc) is 3.55. The number of rotatable bonds is 4. The van der Waals surface area contributed by atoms with E-state index in [0.717, 1.165) is 39.4 Å². The van der Waals surface area contributed by atoms with Crippen LogP contribution < -0.4 is 0 Å². The summed E-state index contributed by atoms with van der Waals surface area (Å²) in [6.45, 7) is 6.58. The van der Waals surface area contributed by atoms with Crippen LogP contribution in [-0.2, 0) is 26.5 Å². The molecule has 0 saturated heterocycles. The maximum Gasteiger partial charge on any atom is 0.125 e. The predicted molar refractivity (Wildman–Crippen MR) is 148 cm³/mol. The Bertz CT molecular complexity index is 1730. The number of nitrogens with zero attached hydrogens (tertiary/aromatic N) is 4. The number of phenolic OH excluding ortho intramolecular Hbond substituents is 1. The van der Waals surface area contributed by atoms with E-state index in [4.69, 9.17) is 10.1 Å². The Labute approximate surface area is 236 Å². The van der Waals surface area contributed by atoms with E-state index in [1.807, 2.05) is 42.6 Å². The number of phenols is 1. The third kappa shape index (κ3) is 4.59. The fourth-order valence-electron chi connectivity index (χ4n) is 4.70. The molecule has 2 heterocycles. The molecular weight excluding hydrogens is 651 g/mol. The number of fused-ring (bicyclic) bond motifs is 1. The fourth-order valence-corrected chi connectivity index (χ4v) is 4.70. The molecule has 0 fully saturated rings. The first kappa shape index (κ1) is 25.7.